The van der Waals surface area contributed by atoms with Crippen LogP contribution < -0.4 is 15.4 Å². The monoisotopic (exact) mass is 481 g/mol. The number of aliphatic hydroxyl groups excluding tert-OH is 1. The van der Waals surface area contributed by atoms with Crippen LogP contribution in [0, 0.1) is 6.92 Å². The van der Waals surface area contributed by atoms with Gasteiger partial charge in [-0.3, -0.25) is 4.98 Å². The third-order valence-electron chi connectivity index (χ3n) is 5.35. The van der Waals surface area contributed by atoms with Gasteiger partial charge in [-0.1, -0.05) is 48.5 Å². The van der Waals surface area contributed by atoms with Crippen LogP contribution in [-0.2, 0) is 12.7 Å². The average Bonchev–Trinajstić information content (AvgIpc) is 2.83. The van der Waals surface area contributed by atoms with Crippen molar-refractivity contribution in [3.8, 4) is 5.75 Å². The van der Waals surface area contributed by atoms with Gasteiger partial charge in [0.2, 0.25) is 0 Å². The molecule has 0 radical (unpaired) electrons. The number of nitrogens with zero attached hydrogens (tertiary/aromatic N) is 1. The topological polar surface area (TPSA) is 66.4 Å². The molecule has 0 amide bonds. The number of hydrogen-bond donors (Lipinski definition) is 3. The number of rotatable bonds is 9. The maximum atomic E-state index is 13.6. The van der Waals surface area contributed by atoms with Gasteiger partial charge in [-0.2, -0.15) is 13.2 Å². The van der Waals surface area contributed by atoms with E-state index in [0.717, 1.165) is 34.3 Å². The van der Waals surface area contributed by atoms with Crippen LogP contribution in [0.4, 0.5) is 24.5 Å². The molecule has 0 saturated carbocycles. The summed E-state index contributed by atoms with van der Waals surface area (Å²) in [5.74, 6) is 0.0134. The number of aryl methyl sites for hydroxylation is 1. The van der Waals surface area contributed by atoms with Crippen LogP contribution in [0.5, 0.6) is 5.75 Å². The second-order valence-electron chi connectivity index (χ2n) is 8.28. The molecule has 0 aliphatic rings. The van der Waals surface area contributed by atoms with Crippen LogP contribution >= 0.6 is 0 Å². The molecule has 1 atom stereocenters. The second kappa shape index (κ2) is 10.8. The van der Waals surface area contributed by atoms with E-state index in [0.29, 0.717) is 12.2 Å². The first-order valence-corrected chi connectivity index (χ1v) is 11.2. The van der Waals surface area contributed by atoms with Crippen molar-refractivity contribution in [2.24, 2.45) is 0 Å². The van der Waals surface area contributed by atoms with Crippen molar-refractivity contribution in [1.82, 2.24) is 10.3 Å². The number of anilines is 2. The lowest BCUT2D eigenvalue weighted by molar-refractivity contribution is -0.137. The van der Waals surface area contributed by atoms with E-state index < -0.39 is 17.8 Å². The normalized spacial score (nSPS) is 12.5. The number of hydrogen-bond acceptors (Lipinski definition) is 5. The SMILES string of the molecule is Cc1cc(Nc2cc(OC[C@@H](O)CNCc3ccccc3)cc(C(F)(F)F)c2)c2ccccc2n1. The maximum Gasteiger partial charge on any atom is 0.416 e. The first kappa shape index (κ1) is 24.5. The number of pyridine rings is 1. The summed E-state index contributed by atoms with van der Waals surface area (Å²) in [6, 6.07) is 22.3. The van der Waals surface area contributed by atoms with Gasteiger partial charge in [0.05, 0.1) is 11.1 Å². The Hall–Kier alpha value is -3.62. The van der Waals surface area contributed by atoms with E-state index in [9.17, 15) is 18.3 Å². The lowest BCUT2D eigenvalue weighted by Gasteiger charge is -2.17. The molecule has 0 bridgehead atoms. The Morgan fingerprint density at radius 3 is 2.49 bits per heavy atom. The number of ether oxygens (including phenoxy) is 1. The van der Waals surface area contributed by atoms with Gasteiger partial charge in [-0.05, 0) is 36.8 Å². The summed E-state index contributed by atoms with van der Waals surface area (Å²) in [6.07, 6.45) is -5.45. The quantitative estimate of drug-likeness (QED) is 0.281. The fourth-order valence-corrected chi connectivity index (χ4v) is 3.72. The van der Waals surface area contributed by atoms with E-state index in [1.54, 1.807) is 6.07 Å². The van der Waals surface area contributed by atoms with Crippen molar-refractivity contribution >= 4 is 22.3 Å². The molecule has 0 aliphatic carbocycles. The molecule has 1 heterocycles. The summed E-state index contributed by atoms with van der Waals surface area (Å²) in [5, 5.41) is 17.2. The molecule has 0 fully saturated rings. The van der Waals surface area contributed by atoms with Crippen LogP contribution in [0.1, 0.15) is 16.8 Å². The minimum Gasteiger partial charge on any atom is -0.491 e. The molecule has 0 saturated heterocycles. The van der Waals surface area contributed by atoms with Crippen LogP contribution in [-0.4, -0.2) is 29.3 Å². The van der Waals surface area contributed by atoms with Crippen molar-refractivity contribution in [3.63, 3.8) is 0 Å². The zero-order chi connectivity index (χ0) is 24.8. The molecule has 4 aromatic rings. The van der Waals surface area contributed by atoms with Gasteiger partial charge in [-0.25, -0.2) is 0 Å². The lowest BCUT2D eigenvalue weighted by Crippen LogP contribution is -2.31. The van der Waals surface area contributed by atoms with Crippen molar-refractivity contribution in [1.29, 1.82) is 0 Å². The van der Waals surface area contributed by atoms with E-state index in [2.05, 4.69) is 15.6 Å². The third-order valence-corrected chi connectivity index (χ3v) is 5.35. The molecule has 3 N–H and O–H groups in total. The van der Waals surface area contributed by atoms with Gasteiger partial charge in [0.25, 0.3) is 0 Å². The largest absolute Gasteiger partial charge is 0.491 e. The van der Waals surface area contributed by atoms with Crippen LogP contribution in [0.15, 0.2) is 78.9 Å². The van der Waals surface area contributed by atoms with Gasteiger partial charge in [-0.15, -0.1) is 0 Å². The highest BCUT2D eigenvalue weighted by Crippen LogP contribution is 2.36. The number of aliphatic hydroxyl groups is 1. The molecule has 0 aliphatic heterocycles. The molecule has 5 nitrogen and oxygen atoms in total. The highest BCUT2D eigenvalue weighted by Gasteiger charge is 2.31. The fourth-order valence-electron chi connectivity index (χ4n) is 3.72. The Morgan fingerprint density at radius 1 is 0.971 bits per heavy atom. The van der Waals surface area contributed by atoms with Crippen LogP contribution in [0.3, 0.4) is 0 Å². The number of aromatic nitrogens is 1. The molecular weight excluding hydrogens is 455 g/mol. The third kappa shape index (κ3) is 6.71. The zero-order valence-electron chi connectivity index (χ0n) is 19.1. The summed E-state index contributed by atoms with van der Waals surface area (Å²) in [5.41, 5.74) is 2.56. The number of halogens is 3. The molecule has 8 heteroatoms. The van der Waals surface area contributed by atoms with Crippen LogP contribution in [0.2, 0.25) is 0 Å². The highest BCUT2D eigenvalue weighted by atomic mass is 19.4. The number of benzene rings is 3. The molecule has 4 rings (SSSR count). The first-order valence-electron chi connectivity index (χ1n) is 11.2. The Labute approximate surface area is 201 Å². The van der Waals surface area contributed by atoms with E-state index in [1.165, 1.54) is 6.07 Å². The van der Waals surface area contributed by atoms with Crippen molar-refractivity contribution in [2.45, 2.75) is 25.7 Å². The minimum atomic E-state index is -4.55. The van der Waals surface area contributed by atoms with Gasteiger partial charge in [0.15, 0.2) is 0 Å². The summed E-state index contributed by atoms with van der Waals surface area (Å²) in [6.45, 7) is 2.47. The van der Waals surface area contributed by atoms with Crippen LogP contribution in [0.25, 0.3) is 10.9 Å². The Morgan fingerprint density at radius 2 is 1.71 bits per heavy atom. The number of fused-ring (bicyclic) bond motifs is 1. The molecule has 35 heavy (non-hydrogen) atoms. The smallest absolute Gasteiger partial charge is 0.416 e. The number of alkyl halides is 3. The Kier molecular flexibility index (Phi) is 7.53. The zero-order valence-corrected chi connectivity index (χ0v) is 19.1. The summed E-state index contributed by atoms with van der Waals surface area (Å²) < 4.78 is 46.3. The van der Waals surface area contributed by atoms with Gasteiger partial charge in [0.1, 0.15) is 18.5 Å². The summed E-state index contributed by atoms with van der Waals surface area (Å²) >= 11 is 0. The summed E-state index contributed by atoms with van der Waals surface area (Å²) in [4.78, 5) is 4.47. The fraction of sp³-hybridized carbons (Fsp3) is 0.222. The standard InChI is InChI=1S/C27H26F3N3O2/c1-18-11-26(24-9-5-6-10-25(24)32-18)33-21-12-20(27(28,29)30)13-23(14-21)35-17-22(34)16-31-15-19-7-3-2-4-8-19/h2-14,22,31,34H,15-17H2,1H3,(H,32,33)/t22-/m0/s1. The molecule has 3 aromatic carbocycles. The predicted octanol–water partition coefficient (Wildman–Crippen LogP) is 5.84. The first-order chi connectivity index (χ1) is 16.8. The molecule has 0 unspecified atom stereocenters. The number of nitrogens with one attached hydrogen (secondary N) is 2. The molecule has 0 spiro atoms. The van der Waals surface area contributed by atoms with E-state index >= 15 is 0 Å². The lowest BCUT2D eigenvalue weighted by atomic mass is 10.1. The maximum absolute atomic E-state index is 13.6. The molecule has 1 aromatic heterocycles. The minimum absolute atomic E-state index is 0.0134. The number of para-hydroxylation sites is 1. The van der Waals surface area contributed by atoms with Gasteiger partial charge in [0, 0.05) is 41.6 Å². The Balaban J connectivity index is 1.47. The van der Waals surface area contributed by atoms with E-state index in [-0.39, 0.29) is 24.6 Å². The van der Waals surface area contributed by atoms with Crippen molar-refractivity contribution in [3.05, 3.63) is 95.7 Å². The Bertz CT molecular complexity index is 1280. The van der Waals surface area contributed by atoms with Gasteiger partial charge >= 0.3 is 6.18 Å². The van der Waals surface area contributed by atoms with Crippen molar-refractivity contribution in [2.75, 3.05) is 18.5 Å². The van der Waals surface area contributed by atoms with E-state index in [1.807, 2.05) is 61.5 Å². The van der Waals surface area contributed by atoms with E-state index in [4.69, 9.17) is 4.74 Å². The average molecular weight is 482 g/mol. The molecule has 182 valence electrons. The highest BCUT2D eigenvalue weighted by molar-refractivity contribution is 5.93. The second-order valence-corrected chi connectivity index (χ2v) is 8.28. The summed E-state index contributed by atoms with van der Waals surface area (Å²) in [7, 11) is 0. The van der Waals surface area contributed by atoms with Gasteiger partial charge < -0.3 is 20.5 Å². The predicted molar refractivity (Wildman–Crippen MR) is 131 cm³/mol. The molecular formula is C27H26F3N3O2. The van der Waals surface area contributed by atoms with Crippen molar-refractivity contribution < 1.29 is 23.0 Å².